The molecule has 4 nitrogen and oxygen atoms in total. The lowest BCUT2D eigenvalue weighted by Crippen LogP contribution is -2.07. The molecule has 0 bridgehead atoms. The first-order valence-electron chi connectivity index (χ1n) is 5.61. The molecule has 1 unspecified atom stereocenters. The van der Waals surface area contributed by atoms with E-state index in [2.05, 4.69) is 0 Å². The lowest BCUT2D eigenvalue weighted by Gasteiger charge is -2.17. The van der Waals surface area contributed by atoms with E-state index < -0.39 is 5.97 Å². The van der Waals surface area contributed by atoms with Crippen molar-refractivity contribution in [2.45, 2.75) is 32.5 Å². The summed E-state index contributed by atoms with van der Waals surface area (Å²) in [5.74, 6) is -0.113. The van der Waals surface area contributed by atoms with E-state index in [4.69, 9.17) is 14.6 Å². The van der Waals surface area contributed by atoms with E-state index in [1.165, 1.54) is 0 Å². The van der Waals surface area contributed by atoms with E-state index in [-0.39, 0.29) is 12.3 Å². The molecule has 0 saturated heterocycles. The van der Waals surface area contributed by atoms with Crippen molar-refractivity contribution >= 4 is 5.97 Å². The second-order valence-corrected chi connectivity index (χ2v) is 4.31. The molecule has 0 spiro atoms. The Bertz CT molecular complexity index is 439. The topological polar surface area (TPSA) is 55.8 Å². The Balaban J connectivity index is 2.42. The predicted molar refractivity (Wildman–Crippen MR) is 62.2 cm³/mol. The van der Waals surface area contributed by atoms with Crippen molar-refractivity contribution in [1.82, 2.24) is 0 Å². The van der Waals surface area contributed by atoms with Gasteiger partial charge < -0.3 is 14.6 Å². The highest BCUT2D eigenvalue weighted by Gasteiger charge is 2.24. The molecule has 0 aliphatic carbocycles. The summed E-state index contributed by atoms with van der Waals surface area (Å²) in [5, 5.41) is 8.89. The van der Waals surface area contributed by atoms with Crippen LogP contribution in [0.25, 0.3) is 0 Å². The first-order valence-corrected chi connectivity index (χ1v) is 5.61. The average Bonchev–Trinajstić information content (AvgIpc) is 2.74. The third kappa shape index (κ3) is 2.26. The number of hydrogen-bond donors (Lipinski definition) is 1. The first-order chi connectivity index (χ1) is 8.13. The number of carboxylic acid groups (broad SMARTS) is 1. The summed E-state index contributed by atoms with van der Waals surface area (Å²) in [4.78, 5) is 10.8. The van der Waals surface area contributed by atoms with Crippen LogP contribution in [0.1, 0.15) is 36.0 Å². The fraction of sp³-hybridized carbons (Fsp3) is 0.462. The van der Waals surface area contributed by atoms with E-state index in [1.807, 2.05) is 19.1 Å². The molecule has 17 heavy (non-hydrogen) atoms. The van der Waals surface area contributed by atoms with Crippen LogP contribution in [-0.4, -0.2) is 18.2 Å². The molecular weight excluding hydrogens is 220 g/mol. The maximum Gasteiger partial charge on any atom is 0.303 e. The van der Waals surface area contributed by atoms with E-state index in [1.54, 1.807) is 7.11 Å². The van der Waals surface area contributed by atoms with Gasteiger partial charge in [0.25, 0.3) is 0 Å². The van der Waals surface area contributed by atoms with Crippen LogP contribution in [0.15, 0.2) is 12.1 Å². The molecule has 0 radical (unpaired) electrons. The zero-order valence-electron chi connectivity index (χ0n) is 10.0. The van der Waals surface area contributed by atoms with Gasteiger partial charge in [-0.1, -0.05) is 13.0 Å². The van der Waals surface area contributed by atoms with Crippen molar-refractivity contribution in [3.8, 4) is 5.75 Å². The molecule has 0 amide bonds. The quantitative estimate of drug-likeness (QED) is 0.871. The van der Waals surface area contributed by atoms with E-state index in [0.29, 0.717) is 13.2 Å². The lowest BCUT2D eigenvalue weighted by atomic mass is 9.90. The van der Waals surface area contributed by atoms with Gasteiger partial charge in [-0.15, -0.1) is 0 Å². The molecule has 1 aromatic carbocycles. The number of carboxylic acids is 1. The zero-order chi connectivity index (χ0) is 12.4. The van der Waals surface area contributed by atoms with Crippen molar-refractivity contribution in [3.63, 3.8) is 0 Å². The molecule has 1 heterocycles. The van der Waals surface area contributed by atoms with Crippen molar-refractivity contribution in [1.29, 1.82) is 0 Å². The number of ether oxygens (including phenoxy) is 2. The number of fused-ring (bicyclic) bond motifs is 1. The number of hydrogen-bond acceptors (Lipinski definition) is 3. The third-order valence-electron chi connectivity index (χ3n) is 3.11. The van der Waals surface area contributed by atoms with Gasteiger partial charge in [0.1, 0.15) is 5.75 Å². The molecule has 0 fully saturated rings. The Morgan fingerprint density at radius 2 is 2.29 bits per heavy atom. The minimum atomic E-state index is -0.795. The summed E-state index contributed by atoms with van der Waals surface area (Å²) >= 11 is 0. The second-order valence-electron chi connectivity index (χ2n) is 4.31. The normalized spacial score (nSPS) is 15.4. The molecule has 1 aliphatic heterocycles. The van der Waals surface area contributed by atoms with E-state index in [9.17, 15) is 4.79 Å². The van der Waals surface area contributed by atoms with Crippen LogP contribution in [0.4, 0.5) is 0 Å². The molecule has 0 aromatic heterocycles. The zero-order valence-corrected chi connectivity index (χ0v) is 10.0. The van der Waals surface area contributed by atoms with Crippen LogP contribution in [0, 0.1) is 0 Å². The summed E-state index contributed by atoms with van der Waals surface area (Å²) in [7, 11) is 1.61. The molecule has 1 atom stereocenters. The minimum absolute atomic E-state index is 0.0703. The summed E-state index contributed by atoms with van der Waals surface area (Å²) in [5.41, 5.74) is 3.21. The Hall–Kier alpha value is -1.55. The van der Waals surface area contributed by atoms with Gasteiger partial charge in [-0.05, 0) is 23.1 Å². The van der Waals surface area contributed by atoms with Gasteiger partial charge >= 0.3 is 5.97 Å². The molecule has 92 valence electrons. The van der Waals surface area contributed by atoms with Gasteiger partial charge in [-0.25, -0.2) is 0 Å². The molecule has 2 rings (SSSR count). The van der Waals surface area contributed by atoms with Crippen LogP contribution in [-0.2, 0) is 22.7 Å². The number of methoxy groups -OCH3 is 1. The van der Waals surface area contributed by atoms with Gasteiger partial charge in [0.2, 0.25) is 0 Å². The highest BCUT2D eigenvalue weighted by atomic mass is 16.5. The van der Waals surface area contributed by atoms with Gasteiger partial charge in [0.05, 0.1) is 26.7 Å². The summed E-state index contributed by atoms with van der Waals surface area (Å²) < 4.78 is 10.7. The molecule has 1 N–H and O–H groups in total. The monoisotopic (exact) mass is 236 g/mol. The Kier molecular flexibility index (Phi) is 3.33. The van der Waals surface area contributed by atoms with Crippen LogP contribution in [0.2, 0.25) is 0 Å². The predicted octanol–water partition coefficient (Wildman–Crippen LogP) is 2.30. The molecule has 0 saturated carbocycles. The molecular formula is C13H16O4. The first kappa shape index (κ1) is 11.9. The highest BCUT2D eigenvalue weighted by Crippen LogP contribution is 2.37. The number of aliphatic carboxylic acids is 1. The second kappa shape index (κ2) is 4.75. The van der Waals surface area contributed by atoms with Crippen molar-refractivity contribution in [3.05, 3.63) is 28.8 Å². The van der Waals surface area contributed by atoms with E-state index >= 15 is 0 Å². The Morgan fingerprint density at radius 3 is 2.94 bits per heavy atom. The van der Waals surface area contributed by atoms with Crippen molar-refractivity contribution in [2.24, 2.45) is 0 Å². The Labute approximate surface area is 100 Å². The molecule has 1 aromatic rings. The summed E-state index contributed by atoms with van der Waals surface area (Å²) in [6, 6.07) is 3.87. The summed E-state index contributed by atoms with van der Waals surface area (Å²) in [6.45, 7) is 3.06. The lowest BCUT2D eigenvalue weighted by molar-refractivity contribution is -0.137. The number of carbonyl (C=O) groups is 1. The standard InChI is InChI=1S/C13H16O4/c1-8(5-12(14)15)13-10-7-17-6-9(10)3-4-11(13)16-2/h3-4,8H,5-7H2,1-2H3,(H,14,15). The molecule has 1 aliphatic rings. The van der Waals surface area contributed by atoms with Gasteiger partial charge in [0.15, 0.2) is 0 Å². The van der Waals surface area contributed by atoms with Crippen molar-refractivity contribution < 1.29 is 19.4 Å². The number of benzene rings is 1. The highest BCUT2D eigenvalue weighted by molar-refractivity contribution is 5.68. The molecule has 4 heteroatoms. The largest absolute Gasteiger partial charge is 0.496 e. The van der Waals surface area contributed by atoms with Gasteiger partial charge in [-0.3, -0.25) is 4.79 Å². The van der Waals surface area contributed by atoms with Crippen molar-refractivity contribution in [2.75, 3.05) is 7.11 Å². The van der Waals surface area contributed by atoms with Crippen LogP contribution in [0.5, 0.6) is 5.75 Å². The van der Waals surface area contributed by atoms with Crippen LogP contribution < -0.4 is 4.74 Å². The van der Waals surface area contributed by atoms with Crippen LogP contribution in [0.3, 0.4) is 0 Å². The Morgan fingerprint density at radius 1 is 1.53 bits per heavy atom. The maximum atomic E-state index is 10.8. The third-order valence-corrected chi connectivity index (χ3v) is 3.11. The average molecular weight is 236 g/mol. The fourth-order valence-electron chi connectivity index (χ4n) is 2.34. The van der Waals surface area contributed by atoms with E-state index in [0.717, 1.165) is 22.4 Å². The maximum absolute atomic E-state index is 10.8. The van der Waals surface area contributed by atoms with Crippen LogP contribution >= 0.6 is 0 Å². The smallest absolute Gasteiger partial charge is 0.303 e. The minimum Gasteiger partial charge on any atom is -0.496 e. The number of rotatable bonds is 4. The van der Waals surface area contributed by atoms with Gasteiger partial charge in [0, 0.05) is 5.56 Å². The SMILES string of the molecule is COc1ccc2c(c1C(C)CC(=O)O)COC2. The fourth-order valence-corrected chi connectivity index (χ4v) is 2.34. The van der Waals surface area contributed by atoms with Gasteiger partial charge in [-0.2, -0.15) is 0 Å². The summed E-state index contributed by atoms with van der Waals surface area (Å²) in [6.07, 6.45) is 0.104.